The minimum atomic E-state index is -0.103. The van der Waals surface area contributed by atoms with Crippen LogP contribution in [0.1, 0.15) is 11.1 Å². The Morgan fingerprint density at radius 1 is 1.33 bits per heavy atom. The largest absolute Gasteiger partial charge is 0.341 e. The van der Waals surface area contributed by atoms with E-state index in [4.69, 9.17) is 0 Å². The molecule has 2 rings (SSSR count). The maximum absolute atomic E-state index is 12.1. The van der Waals surface area contributed by atoms with Crippen molar-refractivity contribution in [2.24, 2.45) is 7.05 Å². The monoisotopic (exact) mass is 346 g/mol. The van der Waals surface area contributed by atoms with E-state index < -0.39 is 0 Å². The van der Waals surface area contributed by atoms with Crippen LogP contribution in [0.25, 0.3) is 0 Å². The third-order valence-corrected chi connectivity index (χ3v) is 4.28. The first kappa shape index (κ1) is 18.1. The van der Waals surface area contributed by atoms with Crippen LogP contribution in [0.15, 0.2) is 36.7 Å². The molecule has 7 heteroatoms. The highest BCUT2D eigenvalue weighted by molar-refractivity contribution is 8.00. The molecular weight excluding hydrogens is 324 g/mol. The van der Waals surface area contributed by atoms with Crippen LogP contribution >= 0.6 is 11.8 Å². The molecule has 0 aliphatic heterocycles. The van der Waals surface area contributed by atoms with Crippen LogP contribution in [-0.2, 0) is 23.2 Å². The summed E-state index contributed by atoms with van der Waals surface area (Å²) in [5.41, 5.74) is 2.85. The van der Waals surface area contributed by atoms with E-state index in [1.165, 1.54) is 11.8 Å². The summed E-state index contributed by atoms with van der Waals surface area (Å²) in [4.78, 5) is 25.6. The number of thioether (sulfide) groups is 1. The molecule has 1 aromatic carbocycles. The Kier molecular flexibility index (Phi) is 6.43. The van der Waals surface area contributed by atoms with E-state index in [2.05, 4.69) is 10.4 Å². The Morgan fingerprint density at radius 2 is 2.12 bits per heavy atom. The Labute approximate surface area is 146 Å². The van der Waals surface area contributed by atoms with Crippen molar-refractivity contribution in [1.82, 2.24) is 14.7 Å². The van der Waals surface area contributed by atoms with Crippen molar-refractivity contribution in [3.8, 4) is 0 Å². The average molecular weight is 346 g/mol. The first-order valence-corrected chi connectivity index (χ1v) is 8.75. The summed E-state index contributed by atoms with van der Waals surface area (Å²) in [5.74, 6) is 0.416. The lowest BCUT2D eigenvalue weighted by atomic mass is 10.2. The van der Waals surface area contributed by atoms with Gasteiger partial charge in [-0.3, -0.25) is 14.3 Å². The van der Waals surface area contributed by atoms with E-state index in [-0.39, 0.29) is 23.3 Å². The maximum atomic E-state index is 12.1. The number of anilines is 1. The highest BCUT2D eigenvalue weighted by atomic mass is 32.2. The van der Waals surface area contributed by atoms with Gasteiger partial charge in [-0.05, 0) is 24.6 Å². The number of aromatic nitrogens is 2. The van der Waals surface area contributed by atoms with Gasteiger partial charge >= 0.3 is 0 Å². The van der Waals surface area contributed by atoms with Gasteiger partial charge in [0.05, 0.1) is 17.7 Å². The van der Waals surface area contributed by atoms with Crippen molar-refractivity contribution < 1.29 is 9.59 Å². The fourth-order valence-electron chi connectivity index (χ4n) is 2.18. The molecule has 0 unspecified atom stereocenters. The molecule has 24 heavy (non-hydrogen) atoms. The van der Waals surface area contributed by atoms with Gasteiger partial charge < -0.3 is 10.2 Å². The van der Waals surface area contributed by atoms with Crippen LogP contribution < -0.4 is 5.32 Å². The van der Waals surface area contributed by atoms with Crippen molar-refractivity contribution in [3.05, 3.63) is 47.8 Å². The van der Waals surface area contributed by atoms with Crippen LogP contribution in [0.5, 0.6) is 0 Å². The number of rotatable bonds is 7. The van der Waals surface area contributed by atoms with Crippen molar-refractivity contribution in [2.75, 3.05) is 23.9 Å². The Balaban J connectivity index is 1.70. The van der Waals surface area contributed by atoms with Gasteiger partial charge in [0.1, 0.15) is 0 Å². The van der Waals surface area contributed by atoms with Gasteiger partial charge in [-0.25, -0.2) is 0 Å². The van der Waals surface area contributed by atoms with Gasteiger partial charge in [0.2, 0.25) is 11.8 Å². The SMILES string of the molecule is Cc1cccc(NC(=O)CSCC(=O)N(C)Cc2cnn(C)c2)c1. The van der Waals surface area contributed by atoms with E-state index in [9.17, 15) is 9.59 Å². The number of hydrogen-bond donors (Lipinski definition) is 1. The minimum absolute atomic E-state index is 0.00721. The standard InChI is InChI=1S/C17H22N4O2S/c1-13-5-4-6-15(7-13)19-16(22)11-24-12-17(23)20(2)9-14-8-18-21(3)10-14/h4-8,10H,9,11-12H2,1-3H3,(H,19,22). The molecule has 1 N–H and O–H groups in total. The fourth-order valence-corrected chi connectivity index (χ4v) is 2.93. The lowest BCUT2D eigenvalue weighted by Crippen LogP contribution is -2.28. The minimum Gasteiger partial charge on any atom is -0.341 e. The second kappa shape index (κ2) is 8.54. The molecule has 0 radical (unpaired) electrons. The Hall–Kier alpha value is -2.28. The lowest BCUT2D eigenvalue weighted by molar-refractivity contribution is -0.127. The highest BCUT2D eigenvalue weighted by Gasteiger charge is 2.11. The fraction of sp³-hybridized carbons (Fsp3) is 0.353. The first-order valence-electron chi connectivity index (χ1n) is 7.60. The summed E-state index contributed by atoms with van der Waals surface area (Å²) in [7, 11) is 3.59. The number of benzene rings is 1. The third-order valence-electron chi connectivity index (χ3n) is 3.36. The number of aryl methyl sites for hydroxylation is 2. The van der Waals surface area contributed by atoms with Crippen molar-refractivity contribution in [3.63, 3.8) is 0 Å². The van der Waals surface area contributed by atoms with Gasteiger partial charge in [-0.2, -0.15) is 5.10 Å². The molecule has 0 aliphatic rings. The predicted octanol–water partition coefficient (Wildman–Crippen LogP) is 2.06. The summed E-state index contributed by atoms with van der Waals surface area (Å²) in [6.45, 7) is 2.49. The van der Waals surface area contributed by atoms with Crippen LogP contribution in [0.3, 0.4) is 0 Å². The zero-order valence-corrected chi connectivity index (χ0v) is 15.0. The second-order valence-corrected chi connectivity index (χ2v) is 6.67. The molecule has 2 aromatic rings. The molecule has 128 valence electrons. The molecule has 0 atom stereocenters. The Bertz CT molecular complexity index is 714. The van der Waals surface area contributed by atoms with Gasteiger partial charge in [0, 0.05) is 38.1 Å². The topological polar surface area (TPSA) is 67.2 Å². The maximum Gasteiger partial charge on any atom is 0.234 e. The molecule has 0 spiro atoms. The number of nitrogens with one attached hydrogen (secondary N) is 1. The van der Waals surface area contributed by atoms with Crippen molar-refractivity contribution in [2.45, 2.75) is 13.5 Å². The van der Waals surface area contributed by atoms with E-state index >= 15 is 0 Å². The van der Waals surface area contributed by atoms with Crippen LogP contribution in [0, 0.1) is 6.92 Å². The number of carbonyl (C=O) groups is 2. The molecule has 2 amide bonds. The average Bonchev–Trinajstić information content (AvgIpc) is 2.92. The van der Waals surface area contributed by atoms with Gasteiger partial charge in [0.15, 0.2) is 0 Å². The normalized spacial score (nSPS) is 10.5. The van der Waals surface area contributed by atoms with Gasteiger partial charge in [-0.15, -0.1) is 11.8 Å². The van der Waals surface area contributed by atoms with Crippen LogP contribution in [-0.4, -0.2) is 45.0 Å². The zero-order chi connectivity index (χ0) is 17.5. The molecule has 1 heterocycles. The highest BCUT2D eigenvalue weighted by Crippen LogP contribution is 2.11. The summed E-state index contributed by atoms with van der Waals surface area (Å²) in [6.07, 6.45) is 3.62. The summed E-state index contributed by atoms with van der Waals surface area (Å²) in [5, 5.41) is 6.91. The molecule has 0 saturated heterocycles. The van der Waals surface area contributed by atoms with Gasteiger partial charge in [-0.1, -0.05) is 12.1 Å². The summed E-state index contributed by atoms with van der Waals surface area (Å²) < 4.78 is 1.71. The molecule has 1 aromatic heterocycles. The lowest BCUT2D eigenvalue weighted by Gasteiger charge is -2.15. The molecule has 0 aliphatic carbocycles. The molecule has 6 nitrogen and oxygen atoms in total. The second-order valence-electron chi connectivity index (χ2n) is 5.68. The molecule has 0 saturated carbocycles. The zero-order valence-electron chi connectivity index (χ0n) is 14.2. The third kappa shape index (κ3) is 5.73. The molecule has 0 bridgehead atoms. The van der Waals surface area contributed by atoms with Crippen molar-refractivity contribution >= 4 is 29.3 Å². The number of hydrogen-bond acceptors (Lipinski definition) is 4. The van der Waals surface area contributed by atoms with Gasteiger partial charge in [0.25, 0.3) is 0 Å². The number of amides is 2. The van der Waals surface area contributed by atoms with E-state index in [0.29, 0.717) is 6.54 Å². The predicted molar refractivity (Wildman–Crippen MR) is 96.8 cm³/mol. The quantitative estimate of drug-likeness (QED) is 0.833. The molecule has 0 fully saturated rings. The summed E-state index contributed by atoms with van der Waals surface area (Å²) in [6, 6.07) is 7.63. The Morgan fingerprint density at radius 3 is 2.79 bits per heavy atom. The molecular formula is C17H22N4O2S. The first-order chi connectivity index (χ1) is 11.4. The van der Waals surface area contributed by atoms with Crippen LogP contribution in [0.2, 0.25) is 0 Å². The number of nitrogens with zero attached hydrogens (tertiary/aromatic N) is 3. The summed E-state index contributed by atoms with van der Waals surface area (Å²) >= 11 is 1.31. The van der Waals surface area contributed by atoms with E-state index in [1.54, 1.807) is 22.8 Å². The van der Waals surface area contributed by atoms with Crippen LogP contribution in [0.4, 0.5) is 5.69 Å². The van der Waals surface area contributed by atoms with E-state index in [0.717, 1.165) is 16.8 Å². The van der Waals surface area contributed by atoms with Crippen molar-refractivity contribution in [1.29, 1.82) is 0 Å². The van der Waals surface area contributed by atoms with E-state index in [1.807, 2.05) is 44.4 Å². The number of carbonyl (C=O) groups excluding carboxylic acids is 2. The smallest absolute Gasteiger partial charge is 0.234 e.